The number of likely N-dealkylation sites (N-methyl/N-ethyl adjacent to an activating group) is 1. The fourth-order valence-electron chi connectivity index (χ4n) is 3.33. The minimum atomic E-state index is -0.238. The number of nitrogens with one attached hydrogen (secondary N) is 1. The summed E-state index contributed by atoms with van der Waals surface area (Å²) in [5, 5.41) is 9.42. The van der Waals surface area contributed by atoms with Crippen LogP contribution >= 0.6 is 22.7 Å². The van der Waals surface area contributed by atoms with Gasteiger partial charge in [0, 0.05) is 47.3 Å². The van der Waals surface area contributed by atoms with Gasteiger partial charge in [-0.2, -0.15) is 11.3 Å². The molecule has 0 spiro atoms. The summed E-state index contributed by atoms with van der Waals surface area (Å²) in [7, 11) is 0. The van der Waals surface area contributed by atoms with Crippen molar-refractivity contribution in [2.75, 3.05) is 49.6 Å². The highest BCUT2D eigenvalue weighted by Crippen LogP contribution is 2.26. The fourth-order valence-corrected chi connectivity index (χ4v) is 4.84. The van der Waals surface area contributed by atoms with Crippen molar-refractivity contribution in [1.29, 1.82) is 0 Å². The third-order valence-corrected chi connectivity index (χ3v) is 6.60. The molecule has 7 nitrogen and oxygen atoms in total. The van der Waals surface area contributed by atoms with Crippen molar-refractivity contribution in [3.63, 3.8) is 0 Å². The Morgan fingerprint density at radius 3 is 2.61 bits per heavy atom. The second kappa shape index (κ2) is 10.0. The van der Waals surface area contributed by atoms with E-state index in [0.717, 1.165) is 42.6 Å². The van der Waals surface area contributed by atoms with Crippen LogP contribution in [0.4, 0.5) is 11.4 Å². The number of nitrogens with zero attached hydrogens (tertiary/aromatic N) is 3. The predicted octanol–water partition coefficient (Wildman–Crippen LogP) is 3.81. The highest BCUT2D eigenvalue weighted by molar-refractivity contribution is 7.14. The Balaban J connectivity index is 1.34. The molecule has 1 aliphatic rings. The average Bonchev–Trinajstić information content (AvgIpc) is 3.50. The highest BCUT2D eigenvalue weighted by Gasteiger charge is 2.21. The number of hydrogen-bond acceptors (Lipinski definition) is 7. The van der Waals surface area contributed by atoms with E-state index in [2.05, 4.69) is 15.2 Å². The molecule has 162 valence electrons. The maximum atomic E-state index is 12.8. The molecule has 3 aromatic rings. The second-order valence-electron chi connectivity index (χ2n) is 7.06. The molecule has 1 saturated heterocycles. The third kappa shape index (κ3) is 5.30. The average molecular weight is 457 g/mol. The van der Waals surface area contributed by atoms with E-state index < -0.39 is 0 Å². The Bertz CT molecular complexity index is 1010. The Kier molecular flexibility index (Phi) is 6.96. The van der Waals surface area contributed by atoms with Gasteiger partial charge in [-0.25, -0.2) is 4.98 Å². The predicted molar refractivity (Wildman–Crippen MR) is 125 cm³/mol. The molecule has 0 aliphatic carbocycles. The van der Waals surface area contributed by atoms with E-state index in [1.165, 1.54) is 16.2 Å². The molecule has 0 atom stereocenters. The summed E-state index contributed by atoms with van der Waals surface area (Å²) in [5.41, 5.74) is 3.20. The van der Waals surface area contributed by atoms with Crippen molar-refractivity contribution in [3.8, 4) is 10.6 Å². The van der Waals surface area contributed by atoms with Crippen molar-refractivity contribution >= 4 is 45.9 Å². The van der Waals surface area contributed by atoms with Crippen LogP contribution in [-0.4, -0.2) is 61.1 Å². The normalized spacial score (nSPS) is 13.8. The Morgan fingerprint density at radius 2 is 1.94 bits per heavy atom. The van der Waals surface area contributed by atoms with Gasteiger partial charge >= 0.3 is 0 Å². The number of thiazole rings is 1. The summed E-state index contributed by atoms with van der Waals surface area (Å²) in [6, 6.07) is 9.73. The van der Waals surface area contributed by atoms with Crippen molar-refractivity contribution in [1.82, 2.24) is 9.88 Å². The van der Waals surface area contributed by atoms with Crippen LogP contribution in [0.2, 0.25) is 0 Å². The van der Waals surface area contributed by atoms with Crippen molar-refractivity contribution in [2.45, 2.75) is 6.92 Å². The van der Waals surface area contributed by atoms with Crippen LogP contribution in [0.1, 0.15) is 17.4 Å². The number of carbonyl (C=O) groups excluding carboxylic acids is 2. The van der Waals surface area contributed by atoms with Gasteiger partial charge in [0.25, 0.3) is 5.91 Å². The second-order valence-corrected chi connectivity index (χ2v) is 8.70. The lowest BCUT2D eigenvalue weighted by atomic mass is 10.2. The number of anilines is 2. The minimum absolute atomic E-state index is 0.0220. The topological polar surface area (TPSA) is 74.8 Å². The van der Waals surface area contributed by atoms with Crippen LogP contribution in [0, 0.1) is 0 Å². The van der Waals surface area contributed by atoms with Gasteiger partial charge in [-0.05, 0) is 42.6 Å². The minimum Gasteiger partial charge on any atom is -0.378 e. The van der Waals surface area contributed by atoms with Gasteiger partial charge in [0.1, 0.15) is 17.2 Å². The van der Waals surface area contributed by atoms with Gasteiger partial charge in [-0.15, -0.1) is 11.3 Å². The van der Waals surface area contributed by atoms with Crippen LogP contribution in [0.5, 0.6) is 0 Å². The molecule has 1 N–H and O–H groups in total. The van der Waals surface area contributed by atoms with Crippen molar-refractivity contribution < 1.29 is 14.3 Å². The van der Waals surface area contributed by atoms with Gasteiger partial charge < -0.3 is 19.9 Å². The Labute approximate surface area is 189 Å². The molecule has 2 amide bonds. The molecule has 4 rings (SSSR count). The largest absolute Gasteiger partial charge is 0.378 e. The smallest absolute Gasteiger partial charge is 0.273 e. The number of amides is 2. The first-order valence-electron chi connectivity index (χ1n) is 10.1. The summed E-state index contributed by atoms with van der Waals surface area (Å²) in [5.74, 6) is -0.472. The van der Waals surface area contributed by atoms with Crippen molar-refractivity contribution in [3.05, 3.63) is 52.2 Å². The number of benzene rings is 1. The molecule has 0 radical (unpaired) electrons. The van der Waals surface area contributed by atoms with E-state index in [-0.39, 0.29) is 18.4 Å². The van der Waals surface area contributed by atoms with E-state index in [4.69, 9.17) is 4.74 Å². The number of rotatable bonds is 7. The van der Waals surface area contributed by atoms with Gasteiger partial charge in [0.15, 0.2) is 0 Å². The number of thiophene rings is 1. The Morgan fingerprint density at radius 1 is 1.16 bits per heavy atom. The maximum absolute atomic E-state index is 12.8. The van der Waals surface area contributed by atoms with Crippen LogP contribution in [0.3, 0.4) is 0 Å². The van der Waals surface area contributed by atoms with Crippen molar-refractivity contribution in [2.24, 2.45) is 0 Å². The summed E-state index contributed by atoms with van der Waals surface area (Å²) in [4.78, 5) is 33.6. The molecule has 1 aliphatic heterocycles. The molecule has 2 aromatic heterocycles. The molecule has 0 bridgehead atoms. The van der Waals surface area contributed by atoms with Crippen LogP contribution < -0.4 is 10.2 Å². The zero-order valence-corrected chi connectivity index (χ0v) is 18.9. The molecule has 31 heavy (non-hydrogen) atoms. The summed E-state index contributed by atoms with van der Waals surface area (Å²) < 4.78 is 5.38. The first-order valence-corrected chi connectivity index (χ1v) is 12.0. The molecule has 1 fully saturated rings. The standard InChI is InChI=1S/C22H24N4O3S2/c1-2-25(22(28)19-15-31-21(24-19)16-7-12-30-14-16)13-20(27)23-17-3-5-18(6-4-17)26-8-10-29-11-9-26/h3-7,12,14-15H,2,8-11,13H2,1H3,(H,23,27). The van der Waals surface area contributed by atoms with Crippen LogP contribution in [0.15, 0.2) is 46.5 Å². The third-order valence-electron chi connectivity index (χ3n) is 5.02. The van der Waals surface area contributed by atoms with Gasteiger partial charge in [-0.1, -0.05) is 0 Å². The molecular formula is C22H24N4O3S2. The van der Waals surface area contributed by atoms with Gasteiger partial charge in [-0.3, -0.25) is 9.59 Å². The lowest BCUT2D eigenvalue weighted by Gasteiger charge is -2.29. The number of morpholine rings is 1. The van der Waals surface area contributed by atoms with E-state index in [0.29, 0.717) is 17.9 Å². The van der Waals surface area contributed by atoms with E-state index in [9.17, 15) is 9.59 Å². The molecule has 3 heterocycles. The van der Waals surface area contributed by atoms with Crippen LogP contribution in [-0.2, 0) is 9.53 Å². The Hall–Kier alpha value is -2.75. The zero-order chi connectivity index (χ0) is 21.6. The molecule has 0 saturated carbocycles. The van der Waals surface area contributed by atoms with Gasteiger partial charge in [0.05, 0.1) is 13.2 Å². The zero-order valence-electron chi connectivity index (χ0n) is 17.2. The summed E-state index contributed by atoms with van der Waals surface area (Å²) in [6.45, 7) is 5.45. The van der Waals surface area contributed by atoms with E-state index >= 15 is 0 Å². The molecule has 9 heteroatoms. The van der Waals surface area contributed by atoms with E-state index in [1.807, 2.05) is 48.0 Å². The van der Waals surface area contributed by atoms with Gasteiger partial charge in [0.2, 0.25) is 5.91 Å². The number of hydrogen-bond donors (Lipinski definition) is 1. The molecular weight excluding hydrogens is 432 g/mol. The fraction of sp³-hybridized carbons (Fsp3) is 0.318. The number of aromatic nitrogens is 1. The quantitative estimate of drug-likeness (QED) is 0.585. The summed E-state index contributed by atoms with van der Waals surface area (Å²) >= 11 is 3.02. The van der Waals surface area contributed by atoms with E-state index in [1.54, 1.807) is 16.7 Å². The number of carbonyl (C=O) groups is 2. The highest BCUT2D eigenvalue weighted by atomic mass is 32.1. The van der Waals surface area contributed by atoms with Crippen LogP contribution in [0.25, 0.3) is 10.6 Å². The molecule has 0 unspecified atom stereocenters. The maximum Gasteiger partial charge on any atom is 0.273 e. The summed E-state index contributed by atoms with van der Waals surface area (Å²) in [6.07, 6.45) is 0. The number of ether oxygens (including phenoxy) is 1. The first-order chi connectivity index (χ1) is 15.1. The monoisotopic (exact) mass is 456 g/mol. The molecule has 1 aromatic carbocycles. The SMILES string of the molecule is CCN(CC(=O)Nc1ccc(N2CCOCC2)cc1)C(=O)c1csc(-c2ccsc2)n1. The lowest BCUT2D eigenvalue weighted by molar-refractivity contribution is -0.116. The first kappa shape index (κ1) is 21.5. The lowest BCUT2D eigenvalue weighted by Crippen LogP contribution is -2.38.